The molecule has 0 saturated carbocycles. The molecule has 1 aromatic heterocycles. The van der Waals surface area contributed by atoms with Gasteiger partial charge in [-0.2, -0.15) is 0 Å². The van der Waals surface area contributed by atoms with Crippen LogP contribution < -0.4 is 5.56 Å². The van der Waals surface area contributed by atoms with Crippen LogP contribution in [0.2, 0.25) is 0 Å². The second-order valence-corrected chi connectivity index (χ2v) is 5.29. The van der Waals surface area contributed by atoms with Crippen LogP contribution in [0.4, 0.5) is 4.39 Å². The van der Waals surface area contributed by atoms with Crippen LogP contribution >= 0.6 is 0 Å². The van der Waals surface area contributed by atoms with Crippen molar-refractivity contribution < 1.29 is 9.50 Å². The van der Waals surface area contributed by atoms with Crippen molar-refractivity contribution in [2.45, 2.75) is 19.6 Å². The van der Waals surface area contributed by atoms with E-state index in [0.29, 0.717) is 16.5 Å². The van der Waals surface area contributed by atoms with Gasteiger partial charge in [-0.1, -0.05) is 23.8 Å². The summed E-state index contributed by atoms with van der Waals surface area (Å²) >= 11 is 0. The van der Waals surface area contributed by atoms with Crippen molar-refractivity contribution in [1.29, 1.82) is 0 Å². The second-order valence-electron chi connectivity index (χ2n) is 5.29. The van der Waals surface area contributed by atoms with Gasteiger partial charge in [0.05, 0.1) is 29.9 Å². The Kier molecular flexibility index (Phi) is 3.73. The van der Waals surface area contributed by atoms with E-state index in [1.54, 1.807) is 12.1 Å². The largest absolute Gasteiger partial charge is 0.387 e. The van der Waals surface area contributed by atoms with Gasteiger partial charge in [0.1, 0.15) is 5.82 Å². The summed E-state index contributed by atoms with van der Waals surface area (Å²) in [6.45, 7) is 1.98. The topological polar surface area (TPSA) is 55.1 Å². The lowest BCUT2D eigenvalue weighted by atomic mass is 10.1. The zero-order chi connectivity index (χ0) is 15.7. The highest BCUT2D eigenvalue weighted by molar-refractivity contribution is 5.77. The standard InChI is InChI=1S/C17H15FN2O2/c1-11-2-7-15-14(8-11)17(22)20(10-19-15)9-16(21)12-3-5-13(18)6-4-12/h2-8,10,16,21H,9H2,1H3/t16-/m0/s1. The second kappa shape index (κ2) is 5.69. The summed E-state index contributed by atoms with van der Waals surface area (Å²) in [5.41, 5.74) is 1.96. The summed E-state index contributed by atoms with van der Waals surface area (Å²) in [5, 5.41) is 10.7. The number of aromatic nitrogens is 2. The molecule has 4 nitrogen and oxygen atoms in total. The van der Waals surface area contributed by atoms with Gasteiger partial charge >= 0.3 is 0 Å². The summed E-state index contributed by atoms with van der Waals surface area (Å²) in [6, 6.07) is 11.0. The molecular formula is C17H15FN2O2. The summed E-state index contributed by atoms with van der Waals surface area (Å²) in [5.74, 6) is -0.365. The van der Waals surface area contributed by atoms with Gasteiger partial charge in [-0.3, -0.25) is 9.36 Å². The minimum atomic E-state index is -0.901. The van der Waals surface area contributed by atoms with Gasteiger partial charge in [-0.15, -0.1) is 0 Å². The molecule has 112 valence electrons. The van der Waals surface area contributed by atoms with Gasteiger partial charge in [0.15, 0.2) is 0 Å². The summed E-state index contributed by atoms with van der Waals surface area (Å²) in [6.07, 6.45) is 0.523. The zero-order valence-electron chi connectivity index (χ0n) is 12.0. The van der Waals surface area contributed by atoms with E-state index in [4.69, 9.17) is 0 Å². The first-order chi connectivity index (χ1) is 10.5. The summed E-state index contributed by atoms with van der Waals surface area (Å²) < 4.78 is 14.3. The van der Waals surface area contributed by atoms with Crippen LogP contribution in [0.15, 0.2) is 53.6 Å². The zero-order valence-corrected chi connectivity index (χ0v) is 12.0. The first-order valence-electron chi connectivity index (χ1n) is 6.94. The Morgan fingerprint density at radius 3 is 2.68 bits per heavy atom. The minimum Gasteiger partial charge on any atom is -0.387 e. The van der Waals surface area contributed by atoms with Crippen molar-refractivity contribution in [2.75, 3.05) is 0 Å². The lowest BCUT2D eigenvalue weighted by Gasteiger charge is -2.13. The van der Waals surface area contributed by atoms with E-state index in [1.807, 2.05) is 13.0 Å². The smallest absolute Gasteiger partial charge is 0.261 e. The molecule has 0 aliphatic carbocycles. The SMILES string of the molecule is Cc1ccc2ncn(C[C@H](O)c3ccc(F)cc3)c(=O)c2c1. The summed E-state index contributed by atoms with van der Waals surface area (Å²) in [7, 11) is 0. The van der Waals surface area contributed by atoms with Gasteiger partial charge in [0, 0.05) is 0 Å². The molecule has 3 aromatic rings. The molecule has 0 spiro atoms. The number of fused-ring (bicyclic) bond motifs is 1. The number of nitrogens with zero attached hydrogens (tertiary/aromatic N) is 2. The van der Waals surface area contributed by atoms with Crippen molar-refractivity contribution >= 4 is 10.9 Å². The number of aliphatic hydroxyl groups excluding tert-OH is 1. The number of aliphatic hydroxyl groups is 1. The molecule has 5 heteroatoms. The molecule has 0 amide bonds. The first-order valence-corrected chi connectivity index (χ1v) is 6.94. The van der Waals surface area contributed by atoms with Crippen molar-refractivity contribution in [2.24, 2.45) is 0 Å². The van der Waals surface area contributed by atoms with Crippen LogP contribution in [-0.2, 0) is 6.54 Å². The fraction of sp³-hybridized carbons (Fsp3) is 0.176. The van der Waals surface area contributed by atoms with Crippen LogP contribution in [0.25, 0.3) is 10.9 Å². The van der Waals surface area contributed by atoms with Gasteiger partial charge in [0.2, 0.25) is 0 Å². The Hall–Kier alpha value is -2.53. The van der Waals surface area contributed by atoms with E-state index in [9.17, 15) is 14.3 Å². The molecule has 1 heterocycles. The third kappa shape index (κ3) is 2.76. The predicted molar refractivity (Wildman–Crippen MR) is 82.1 cm³/mol. The highest BCUT2D eigenvalue weighted by Gasteiger charge is 2.11. The highest BCUT2D eigenvalue weighted by Crippen LogP contribution is 2.15. The maximum absolute atomic E-state index is 12.9. The number of hydrogen-bond donors (Lipinski definition) is 1. The van der Waals surface area contributed by atoms with Gasteiger partial charge in [0.25, 0.3) is 5.56 Å². The maximum Gasteiger partial charge on any atom is 0.261 e. The number of benzene rings is 2. The van der Waals surface area contributed by atoms with Gasteiger partial charge in [-0.25, -0.2) is 9.37 Å². The number of hydrogen-bond acceptors (Lipinski definition) is 3. The molecule has 1 atom stereocenters. The fourth-order valence-electron chi connectivity index (χ4n) is 2.38. The Morgan fingerprint density at radius 1 is 1.23 bits per heavy atom. The molecule has 0 aliphatic rings. The van der Waals surface area contributed by atoms with Crippen molar-refractivity contribution in [3.8, 4) is 0 Å². The minimum absolute atomic E-state index is 0.0708. The molecule has 0 fully saturated rings. The Morgan fingerprint density at radius 2 is 1.95 bits per heavy atom. The maximum atomic E-state index is 12.9. The number of aryl methyl sites for hydroxylation is 1. The number of rotatable bonds is 3. The highest BCUT2D eigenvalue weighted by atomic mass is 19.1. The van der Waals surface area contributed by atoms with Crippen LogP contribution in [-0.4, -0.2) is 14.7 Å². The van der Waals surface area contributed by atoms with Gasteiger partial charge < -0.3 is 5.11 Å². The molecule has 0 radical (unpaired) electrons. The summed E-state index contributed by atoms with van der Waals surface area (Å²) in [4.78, 5) is 16.7. The van der Waals surface area contributed by atoms with Crippen LogP contribution in [0.3, 0.4) is 0 Å². The average molecular weight is 298 g/mol. The van der Waals surface area contributed by atoms with E-state index in [0.717, 1.165) is 5.56 Å². The van der Waals surface area contributed by atoms with Gasteiger partial charge in [-0.05, 0) is 36.8 Å². The Bertz CT molecular complexity index is 872. The van der Waals surface area contributed by atoms with Crippen LogP contribution in [0.1, 0.15) is 17.2 Å². The average Bonchev–Trinajstić information content (AvgIpc) is 2.51. The number of halogens is 1. The molecule has 0 aliphatic heterocycles. The van der Waals surface area contributed by atoms with E-state index in [2.05, 4.69) is 4.98 Å². The molecular weight excluding hydrogens is 283 g/mol. The Labute approximate surface area is 126 Å². The van der Waals surface area contributed by atoms with Crippen molar-refractivity contribution in [1.82, 2.24) is 9.55 Å². The van der Waals surface area contributed by atoms with Crippen LogP contribution in [0, 0.1) is 12.7 Å². The van der Waals surface area contributed by atoms with Crippen molar-refractivity contribution in [3.63, 3.8) is 0 Å². The third-order valence-electron chi connectivity index (χ3n) is 3.60. The molecule has 0 saturated heterocycles. The fourth-order valence-corrected chi connectivity index (χ4v) is 2.38. The van der Waals surface area contributed by atoms with E-state index in [-0.39, 0.29) is 17.9 Å². The van der Waals surface area contributed by atoms with Crippen molar-refractivity contribution in [3.05, 3.63) is 76.1 Å². The first kappa shape index (κ1) is 14.4. The third-order valence-corrected chi connectivity index (χ3v) is 3.60. The lowest BCUT2D eigenvalue weighted by molar-refractivity contribution is 0.155. The van der Waals surface area contributed by atoms with E-state index in [1.165, 1.54) is 35.2 Å². The molecule has 22 heavy (non-hydrogen) atoms. The normalized spacial score (nSPS) is 12.5. The predicted octanol–water partition coefficient (Wildman–Crippen LogP) is 2.58. The molecule has 1 N–H and O–H groups in total. The lowest BCUT2D eigenvalue weighted by Crippen LogP contribution is -2.23. The Balaban J connectivity index is 1.95. The molecule has 0 unspecified atom stereocenters. The monoisotopic (exact) mass is 298 g/mol. The molecule has 3 rings (SSSR count). The van der Waals surface area contributed by atoms with E-state index < -0.39 is 6.10 Å². The molecule has 2 aromatic carbocycles. The van der Waals surface area contributed by atoms with Crippen LogP contribution in [0.5, 0.6) is 0 Å². The quantitative estimate of drug-likeness (QED) is 0.808. The molecule has 0 bridgehead atoms. The van der Waals surface area contributed by atoms with E-state index >= 15 is 0 Å².